The summed E-state index contributed by atoms with van der Waals surface area (Å²) in [4.78, 5) is 36.5. The Hall–Kier alpha value is -6.12. The van der Waals surface area contributed by atoms with E-state index in [0.717, 1.165) is 11.3 Å². The summed E-state index contributed by atoms with van der Waals surface area (Å²) < 4.78 is 1.78. The third-order valence-electron chi connectivity index (χ3n) is 8.71. The molecule has 8 heteroatoms. The van der Waals surface area contributed by atoms with E-state index < -0.39 is 0 Å². The number of amides is 2. The standard InChI is InChI=1S/C41H36N6O2/c48-40(33-18-9-3-10-19-33)43-37(28-35-30-47(36-21-11-4-12-22-36)44-38(35)34-20-13-23-42-29-34)41(49)46-26-24-45(25-27-46)39(31-14-5-1-6-15-31)32-16-7-2-8-17-32/h1-23,28-30,39H,24-27H2,(H,43,48). The Morgan fingerprint density at radius 3 is 1.88 bits per heavy atom. The van der Waals surface area contributed by atoms with Gasteiger partial charge in [0.2, 0.25) is 0 Å². The number of carbonyl (C=O) groups is 2. The monoisotopic (exact) mass is 644 g/mol. The van der Waals surface area contributed by atoms with Gasteiger partial charge >= 0.3 is 0 Å². The van der Waals surface area contributed by atoms with E-state index in [1.807, 2.05) is 71.8 Å². The maximum absolute atomic E-state index is 14.4. The highest BCUT2D eigenvalue weighted by Crippen LogP contribution is 2.30. The molecule has 1 N–H and O–H groups in total. The minimum Gasteiger partial charge on any atom is -0.335 e. The Morgan fingerprint density at radius 1 is 0.694 bits per heavy atom. The average molecular weight is 645 g/mol. The topological polar surface area (TPSA) is 83.4 Å². The second kappa shape index (κ2) is 14.8. The number of aromatic nitrogens is 3. The molecular formula is C41H36N6O2. The second-order valence-electron chi connectivity index (χ2n) is 11.9. The summed E-state index contributed by atoms with van der Waals surface area (Å²) in [7, 11) is 0. The number of para-hydroxylation sites is 1. The van der Waals surface area contributed by atoms with Crippen molar-refractivity contribution in [1.82, 2.24) is 29.9 Å². The van der Waals surface area contributed by atoms with Crippen LogP contribution in [0.15, 0.2) is 158 Å². The lowest BCUT2D eigenvalue weighted by atomic mass is 9.96. The molecule has 4 aromatic carbocycles. The highest BCUT2D eigenvalue weighted by atomic mass is 16.2. The summed E-state index contributed by atoms with van der Waals surface area (Å²) >= 11 is 0. The van der Waals surface area contributed by atoms with Crippen molar-refractivity contribution >= 4 is 17.9 Å². The van der Waals surface area contributed by atoms with Crippen LogP contribution in [0.4, 0.5) is 0 Å². The molecule has 8 nitrogen and oxygen atoms in total. The predicted molar refractivity (Wildman–Crippen MR) is 192 cm³/mol. The number of nitrogens with one attached hydrogen (secondary N) is 1. The molecule has 242 valence electrons. The van der Waals surface area contributed by atoms with Crippen molar-refractivity contribution in [1.29, 1.82) is 0 Å². The summed E-state index contributed by atoms with van der Waals surface area (Å²) in [6.45, 7) is 2.36. The lowest BCUT2D eigenvalue weighted by molar-refractivity contribution is -0.129. The Balaban J connectivity index is 1.21. The summed E-state index contributed by atoms with van der Waals surface area (Å²) in [6, 6.07) is 43.5. The molecule has 0 radical (unpaired) electrons. The third-order valence-corrected chi connectivity index (χ3v) is 8.71. The van der Waals surface area contributed by atoms with E-state index >= 15 is 0 Å². The van der Waals surface area contributed by atoms with Crippen LogP contribution in [0.3, 0.4) is 0 Å². The van der Waals surface area contributed by atoms with Crippen LogP contribution in [0.2, 0.25) is 0 Å². The summed E-state index contributed by atoms with van der Waals surface area (Å²) in [5, 5.41) is 7.84. The zero-order valence-electron chi connectivity index (χ0n) is 27.0. The number of piperazine rings is 1. The van der Waals surface area contributed by atoms with Gasteiger partial charge in [0.1, 0.15) is 11.4 Å². The number of hydrogen-bond donors (Lipinski definition) is 1. The molecule has 1 saturated heterocycles. The maximum atomic E-state index is 14.4. The van der Waals surface area contributed by atoms with Crippen LogP contribution in [-0.4, -0.2) is 62.6 Å². The van der Waals surface area contributed by atoms with Crippen molar-refractivity contribution in [2.75, 3.05) is 26.2 Å². The van der Waals surface area contributed by atoms with Crippen LogP contribution in [0.5, 0.6) is 0 Å². The number of benzene rings is 4. The molecule has 0 atom stereocenters. The van der Waals surface area contributed by atoms with Crippen LogP contribution in [0.25, 0.3) is 23.0 Å². The first-order valence-corrected chi connectivity index (χ1v) is 16.4. The Morgan fingerprint density at radius 2 is 1.29 bits per heavy atom. The SMILES string of the molecule is O=C(NC(=Cc1cn(-c2ccccc2)nc1-c1cccnc1)C(=O)N1CCN(C(c2ccccc2)c2ccccc2)CC1)c1ccccc1. The first-order chi connectivity index (χ1) is 24.1. The highest BCUT2D eigenvalue weighted by Gasteiger charge is 2.30. The molecule has 0 saturated carbocycles. The smallest absolute Gasteiger partial charge is 0.270 e. The molecule has 0 aliphatic carbocycles. The van der Waals surface area contributed by atoms with E-state index in [-0.39, 0.29) is 23.6 Å². The minimum atomic E-state index is -0.356. The predicted octanol–water partition coefficient (Wildman–Crippen LogP) is 6.64. The van der Waals surface area contributed by atoms with Crippen LogP contribution in [-0.2, 0) is 4.79 Å². The molecule has 0 unspecified atom stereocenters. The summed E-state index contributed by atoms with van der Waals surface area (Å²) in [5.74, 6) is -0.602. The lowest BCUT2D eigenvalue weighted by Gasteiger charge is -2.40. The van der Waals surface area contributed by atoms with Crippen LogP contribution < -0.4 is 5.32 Å². The zero-order chi connectivity index (χ0) is 33.4. The van der Waals surface area contributed by atoms with E-state index in [2.05, 4.69) is 63.7 Å². The molecule has 6 aromatic rings. The van der Waals surface area contributed by atoms with E-state index in [1.54, 1.807) is 47.4 Å². The normalized spacial score (nSPS) is 13.7. The van der Waals surface area contributed by atoms with Gasteiger partial charge in [0.05, 0.1) is 11.7 Å². The van der Waals surface area contributed by atoms with Gasteiger partial charge in [-0.2, -0.15) is 5.10 Å². The van der Waals surface area contributed by atoms with Gasteiger partial charge in [-0.05, 0) is 53.6 Å². The summed E-state index contributed by atoms with van der Waals surface area (Å²) in [6.07, 6.45) is 7.07. The number of nitrogens with zero attached hydrogens (tertiary/aromatic N) is 5. The quantitative estimate of drug-likeness (QED) is 0.179. The molecule has 1 aliphatic rings. The van der Waals surface area contributed by atoms with Gasteiger partial charge in [0, 0.05) is 61.5 Å². The molecule has 0 spiro atoms. The van der Waals surface area contributed by atoms with Crippen LogP contribution in [0.1, 0.15) is 33.1 Å². The average Bonchev–Trinajstić information content (AvgIpc) is 3.60. The van der Waals surface area contributed by atoms with E-state index in [4.69, 9.17) is 5.10 Å². The van der Waals surface area contributed by atoms with Gasteiger partial charge in [-0.1, -0.05) is 97.1 Å². The minimum absolute atomic E-state index is 0.0679. The lowest BCUT2D eigenvalue weighted by Crippen LogP contribution is -2.51. The number of pyridine rings is 1. The number of hydrogen-bond acceptors (Lipinski definition) is 5. The largest absolute Gasteiger partial charge is 0.335 e. The van der Waals surface area contributed by atoms with Gasteiger partial charge in [-0.15, -0.1) is 0 Å². The van der Waals surface area contributed by atoms with Gasteiger partial charge < -0.3 is 10.2 Å². The van der Waals surface area contributed by atoms with Crippen molar-refractivity contribution < 1.29 is 9.59 Å². The van der Waals surface area contributed by atoms with E-state index in [1.165, 1.54) is 11.1 Å². The van der Waals surface area contributed by atoms with Crippen molar-refractivity contribution in [2.45, 2.75) is 6.04 Å². The van der Waals surface area contributed by atoms with E-state index in [0.29, 0.717) is 43.0 Å². The van der Waals surface area contributed by atoms with Gasteiger partial charge in [-0.25, -0.2) is 4.68 Å². The van der Waals surface area contributed by atoms with Crippen molar-refractivity contribution in [3.05, 3.63) is 180 Å². The molecule has 2 amide bonds. The van der Waals surface area contributed by atoms with Crippen LogP contribution in [0, 0.1) is 0 Å². The van der Waals surface area contributed by atoms with Gasteiger partial charge in [0.15, 0.2) is 0 Å². The number of rotatable bonds is 9. The fraction of sp³-hybridized carbons (Fsp3) is 0.122. The first-order valence-electron chi connectivity index (χ1n) is 16.4. The molecule has 2 aromatic heterocycles. The number of carbonyl (C=O) groups excluding carboxylic acids is 2. The van der Waals surface area contributed by atoms with Crippen molar-refractivity contribution in [2.24, 2.45) is 0 Å². The molecule has 49 heavy (non-hydrogen) atoms. The van der Waals surface area contributed by atoms with Crippen molar-refractivity contribution in [3.63, 3.8) is 0 Å². The molecule has 1 aliphatic heterocycles. The highest BCUT2D eigenvalue weighted by molar-refractivity contribution is 6.05. The van der Waals surface area contributed by atoms with Crippen molar-refractivity contribution in [3.8, 4) is 16.9 Å². The Labute approximate surface area is 286 Å². The fourth-order valence-electron chi connectivity index (χ4n) is 6.26. The maximum Gasteiger partial charge on any atom is 0.270 e. The Kier molecular flexibility index (Phi) is 9.48. The summed E-state index contributed by atoms with van der Waals surface area (Å²) in [5.41, 5.74) is 6.07. The molecule has 3 heterocycles. The molecule has 1 fully saturated rings. The Bertz CT molecular complexity index is 1980. The first kappa shape index (κ1) is 31.5. The van der Waals surface area contributed by atoms with E-state index in [9.17, 15) is 9.59 Å². The van der Waals surface area contributed by atoms with Gasteiger partial charge in [0.25, 0.3) is 11.8 Å². The van der Waals surface area contributed by atoms with Gasteiger partial charge in [-0.3, -0.25) is 19.5 Å². The zero-order valence-corrected chi connectivity index (χ0v) is 27.0. The van der Waals surface area contributed by atoms with Crippen LogP contribution >= 0.6 is 0 Å². The molecule has 0 bridgehead atoms. The third kappa shape index (κ3) is 7.25. The second-order valence-corrected chi connectivity index (χ2v) is 11.9. The molecular weight excluding hydrogens is 608 g/mol. The molecule has 7 rings (SSSR count). The fourth-order valence-corrected chi connectivity index (χ4v) is 6.26.